The summed E-state index contributed by atoms with van der Waals surface area (Å²) in [6, 6.07) is 0. The summed E-state index contributed by atoms with van der Waals surface area (Å²) in [5.74, 6) is 0.0641. The Kier molecular flexibility index (Phi) is 2.48. The van der Waals surface area contributed by atoms with Crippen LogP contribution in [0.25, 0.3) is 0 Å². The summed E-state index contributed by atoms with van der Waals surface area (Å²) in [6.45, 7) is 0. The second-order valence-corrected chi connectivity index (χ2v) is 4.75. The molecular formula is C11H12F3N3O. The Morgan fingerprint density at radius 1 is 1.33 bits per heavy atom. The molecule has 2 bridgehead atoms. The summed E-state index contributed by atoms with van der Waals surface area (Å²) in [6.07, 6.45) is -0.856. The topological polar surface area (TPSA) is 61.0 Å². The zero-order valence-corrected chi connectivity index (χ0v) is 9.44. The summed E-state index contributed by atoms with van der Waals surface area (Å²) in [7, 11) is 0. The van der Waals surface area contributed by atoms with E-state index in [4.69, 9.17) is 10.5 Å². The van der Waals surface area contributed by atoms with Crippen LogP contribution in [0.3, 0.4) is 0 Å². The van der Waals surface area contributed by atoms with Gasteiger partial charge in [-0.1, -0.05) is 0 Å². The Hall–Kier alpha value is -1.37. The molecule has 2 aliphatic rings. The van der Waals surface area contributed by atoms with Gasteiger partial charge in [0.25, 0.3) is 0 Å². The standard InChI is InChI=1S/C11H12F3N3O/c12-11(13,14)9-7(15)4-16-10(17-9)6-3-5-1-2-8(6)18-5/h4-6,8H,1-3,15H2. The van der Waals surface area contributed by atoms with Gasteiger partial charge in [-0.05, 0) is 19.3 Å². The third kappa shape index (κ3) is 1.82. The van der Waals surface area contributed by atoms with E-state index in [0.717, 1.165) is 19.0 Å². The lowest BCUT2D eigenvalue weighted by Gasteiger charge is -2.18. The SMILES string of the molecule is Nc1cnc(C2CC3CCC2O3)nc1C(F)(F)F. The predicted octanol–water partition coefficient (Wildman–Crippen LogP) is 2.11. The maximum atomic E-state index is 12.7. The number of aromatic nitrogens is 2. The molecule has 4 nitrogen and oxygen atoms in total. The highest BCUT2D eigenvalue weighted by Gasteiger charge is 2.44. The van der Waals surface area contributed by atoms with Gasteiger partial charge in [0.2, 0.25) is 0 Å². The predicted molar refractivity (Wildman–Crippen MR) is 56.7 cm³/mol. The summed E-state index contributed by atoms with van der Waals surface area (Å²) in [4.78, 5) is 7.54. The van der Waals surface area contributed by atoms with Gasteiger partial charge in [-0.2, -0.15) is 13.2 Å². The van der Waals surface area contributed by atoms with Crippen molar-refractivity contribution in [2.45, 2.75) is 43.6 Å². The van der Waals surface area contributed by atoms with Crippen LogP contribution in [0.4, 0.5) is 18.9 Å². The van der Waals surface area contributed by atoms with Crippen molar-refractivity contribution in [3.05, 3.63) is 17.7 Å². The number of nitrogens with zero attached hydrogens (tertiary/aromatic N) is 2. The van der Waals surface area contributed by atoms with Crippen LogP contribution in [0.5, 0.6) is 0 Å². The second-order valence-electron chi connectivity index (χ2n) is 4.75. The van der Waals surface area contributed by atoms with Crippen molar-refractivity contribution in [2.24, 2.45) is 0 Å². The number of halogens is 3. The van der Waals surface area contributed by atoms with Gasteiger partial charge >= 0.3 is 6.18 Å². The van der Waals surface area contributed by atoms with E-state index in [-0.39, 0.29) is 24.0 Å². The minimum atomic E-state index is -4.54. The van der Waals surface area contributed by atoms with E-state index in [1.807, 2.05) is 0 Å². The molecule has 3 atom stereocenters. The van der Waals surface area contributed by atoms with Crippen LogP contribution in [-0.2, 0) is 10.9 Å². The summed E-state index contributed by atoms with van der Waals surface area (Å²) in [5.41, 5.74) is 3.79. The first kappa shape index (κ1) is 11.7. The molecule has 1 aromatic rings. The quantitative estimate of drug-likeness (QED) is 0.839. The first-order valence-corrected chi connectivity index (χ1v) is 5.80. The summed E-state index contributed by atoms with van der Waals surface area (Å²) < 4.78 is 43.7. The fourth-order valence-electron chi connectivity index (χ4n) is 2.72. The van der Waals surface area contributed by atoms with Crippen molar-refractivity contribution in [2.75, 3.05) is 5.73 Å². The number of hydrogen-bond donors (Lipinski definition) is 1. The first-order chi connectivity index (χ1) is 8.45. The van der Waals surface area contributed by atoms with Crippen molar-refractivity contribution in [3.63, 3.8) is 0 Å². The fraction of sp³-hybridized carbons (Fsp3) is 0.636. The van der Waals surface area contributed by atoms with Crippen LogP contribution in [0.2, 0.25) is 0 Å². The van der Waals surface area contributed by atoms with Gasteiger partial charge in [0.05, 0.1) is 24.1 Å². The Labute approximate surface area is 101 Å². The van der Waals surface area contributed by atoms with Gasteiger partial charge < -0.3 is 10.5 Å². The van der Waals surface area contributed by atoms with Crippen LogP contribution < -0.4 is 5.73 Å². The molecule has 0 amide bonds. The molecule has 18 heavy (non-hydrogen) atoms. The molecule has 0 aliphatic carbocycles. The lowest BCUT2D eigenvalue weighted by atomic mass is 9.88. The first-order valence-electron chi connectivity index (χ1n) is 5.80. The number of hydrogen-bond acceptors (Lipinski definition) is 4. The van der Waals surface area contributed by atoms with Crippen LogP contribution in [0, 0.1) is 0 Å². The number of alkyl halides is 3. The zero-order valence-electron chi connectivity index (χ0n) is 9.44. The third-order valence-electron chi connectivity index (χ3n) is 3.54. The molecule has 3 rings (SSSR count). The van der Waals surface area contributed by atoms with Crippen molar-refractivity contribution >= 4 is 5.69 Å². The van der Waals surface area contributed by atoms with E-state index in [2.05, 4.69) is 9.97 Å². The van der Waals surface area contributed by atoms with Gasteiger partial charge in [0.15, 0.2) is 5.69 Å². The maximum absolute atomic E-state index is 12.7. The van der Waals surface area contributed by atoms with Crippen LogP contribution >= 0.6 is 0 Å². The van der Waals surface area contributed by atoms with Crippen LogP contribution in [0.1, 0.15) is 36.7 Å². The highest BCUT2D eigenvalue weighted by Crippen LogP contribution is 2.44. The Morgan fingerprint density at radius 2 is 2.11 bits per heavy atom. The molecule has 2 N–H and O–H groups in total. The van der Waals surface area contributed by atoms with Crippen molar-refractivity contribution in [1.29, 1.82) is 0 Å². The molecule has 2 aliphatic heterocycles. The molecule has 3 heterocycles. The van der Waals surface area contributed by atoms with Crippen molar-refractivity contribution in [3.8, 4) is 0 Å². The van der Waals surface area contributed by atoms with E-state index in [9.17, 15) is 13.2 Å². The largest absolute Gasteiger partial charge is 0.435 e. The molecular weight excluding hydrogens is 247 g/mol. The van der Waals surface area contributed by atoms with E-state index < -0.39 is 17.6 Å². The zero-order chi connectivity index (χ0) is 12.9. The molecule has 0 spiro atoms. The Bertz CT molecular complexity index is 477. The molecule has 2 fully saturated rings. The molecule has 7 heteroatoms. The minimum Gasteiger partial charge on any atom is -0.396 e. The lowest BCUT2D eigenvalue weighted by molar-refractivity contribution is -0.140. The molecule has 2 saturated heterocycles. The molecule has 0 saturated carbocycles. The van der Waals surface area contributed by atoms with E-state index in [1.54, 1.807) is 0 Å². The number of nitrogens with two attached hydrogens (primary N) is 1. The fourth-order valence-corrected chi connectivity index (χ4v) is 2.72. The van der Waals surface area contributed by atoms with Gasteiger partial charge in [-0.15, -0.1) is 0 Å². The van der Waals surface area contributed by atoms with Crippen LogP contribution in [0.15, 0.2) is 6.20 Å². The van der Waals surface area contributed by atoms with E-state index >= 15 is 0 Å². The van der Waals surface area contributed by atoms with Crippen LogP contribution in [-0.4, -0.2) is 22.2 Å². The van der Waals surface area contributed by atoms with Crippen molar-refractivity contribution in [1.82, 2.24) is 9.97 Å². The maximum Gasteiger partial charge on any atom is 0.435 e. The number of anilines is 1. The average Bonchev–Trinajstić information content (AvgIpc) is 2.89. The van der Waals surface area contributed by atoms with Crippen molar-refractivity contribution < 1.29 is 17.9 Å². The monoisotopic (exact) mass is 259 g/mol. The average molecular weight is 259 g/mol. The van der Waals surface area contributed by atoms with Gasteiger partial charge in [0.1, 0.15) is 5.82 Å². The summed E-state index contributed by atoms with van der Waals surface area (Å²) in [5, 5.41) is 0. The Balaban J connectivity index is 1.94. The van der Waals surface area contributed by atoms with E-state index in [1.165, 1.54) is 0 Å². The normalized spacial score (nSPS) is 30.9. The molecule has 1 aromatic heterocycles. The smallest absolute Gasteiger partial charge is 0.396 e. The second kappa shape index (κ2) is 3.81. The highest BCUT2D eigenvalue weighted by molar-refractivity contribution is 5.42. The highest BCUT2D eigenvalue weighted by atomic mass is 19.4. The van der Waals surface area contributed by atoms with Gasteiger partial charge in [0, 0.05) is 5.92 Å². The third-order valence-corrected chi connectivity index (χ3v) is 3.54. The van der Waals surface area contributed by atoms with Gasteiger partial charge in [-0.3, -0.25) is 0 Å². The van der Waals surface area contributed by atoms with Gasteiger partial charge in [-0.25, -0.2) is 9.97 Å². The Morgan fingerprint density at radius 3 is 2.67 bits per heavy atom. The number of ether oxygens (including phenoxy) is 1. The molecule has 98 valence electrons. The minimum absolute atomic E-state index is 0.0419. The number of rotatable bonds is 1. The number of fused-ring (bicyclic) bond motifs is 2. The number of nitrogen functional groups attached to an aromatic ring is 1. The molecule has 0 radical (unpaired) electrons. The molecule has 3 unspecified atom stereocenters. The summed E-state index contributed by atoms with van der Waals surface area (Å²) >= 11 is 0. The van der Waals surface area contributed by atoms with E-state index in [0.29, 0.717) is 6.42 Å². The molecule has 0 aromatic carbocycles. The lowest BCUT2D eigenvalue weighted by Crippen LogP contribution is -2.20.